The highest BCUT2D eigenvalue weighted by Crippen LogP contribution is 2.33. The van der Waals surface area contributed by atoms with Crippen LogP contribution in [0.15, 0.2) is 0 Å². The van der Waals surface area contributed by atoms with E-state index in [1.807, 2.05) is 7.05 Å². The normalized spacial score (nSPS) is 39.5. The lowest BCUT2D eigenvalue weighted by molar-refractivity contribution is -0.139. The maximum atomic E-state index is 12.3. The Bertz CT molecular complexity index is 269. The molecule has 0 aromatic rings. The molecular weight excluding hydrogens is 212 g/mol. The quantitative estimate of drug-likeness (QED) is 0.798. The van der Waals surface area contributed by atoms with Gasteiger partial charge in [0.05, 0.1) is 6.04 Å². The van der Waals surface area contributed by atoms with E-state index in [2.05, 4.69) is 24.1 Å². The molecule has 1 heterocycles. The Hall–Kier alpha value is -0.570. The topological polar surface area (TPSA) is 32.3 Å². The van der Waals surface area contributed by atoms with Gasteiger partial charge < -0.3 is 10.2 Å². The first-order valence-electron chi connectivity index (χ1n) is 7.09. The molecule has 0 spiro atoms. The summed E-state index contributed by atoms with van der Waals surface area (Å²) in [6.07, 6.45) is 5.88. The van der Waals surface area contributed by atoms with Crippen LogP contribution >= 0.6 is 0 Å². The Balaban J connectivity index is 2.02. The van der Waals surface area contributed by atoms with E-state index in [-0.39, 0.29) is 6.04 Å². The fraction of sp³-hybridized carbons (Fsp3) is 0.929. The number of hydrogen-bond donors (Lipinski definition) is 1. The minimum absolute atomic E-state index is 0.0660. The molecule has 3 unspecified atom stereocenters. The highest BCUT2D eigenvalue weighted by molar-refractivity contribution is 5.82. The second-order valence-electron chi connectivity index (χ2n) is 6.09. The van der Waals surface area contributed by atoms with Gasteiger partial charge in [-0.2, -0.15) is 0 Å². The van der Waals surface area contributed by atoms with E-state index in [1.165, 1.54) is 19.3 Å². The van der Waals surface area contributed by atoms with E-state index in [0.717, 1.165) is 31.2 Å². The predicted octanol–water partition coefficient (Wildman–Crippen LogP) is 2.02. The summed E-state index contributed by atoms with van der Waals surface area (Å²) in [4.78, 5) is 14.5. The zero-order valence-corrected chi connectivity index (χ0v) is 11.4. The smallest absolute Gasteiger partial charge is 0.239 e. The van der Waals surface area contributed by atoms with E-state index in [4.69, 9.17) is 0 Å². The lowest BCUT2D eigenvalue weighted by Crippen LogP contribution is -2.54. The van der Waals surface area contributed by atoms with Crippen molar-refractivity contribution < 1.29 is 4.79 Å². The molecule has 98 valence electrons. The zero-order chi connectivity index (χ0) is 12.4. The fourth-order valence-corrected chi connectivity index (χ4v) is 3.69. The first kappa shape index (κ1) is 12.9. The van der Waals surface area contributed by atoms with Crippen LogP contribution in [0.4, 0.5) is 0 Å². The van der Waals surface area contributed by atoms with Gasteiger partial charge in [0.2, 0.25) is 5.91 Å². The average molecular weight is 238 g/mol. The van der Waals surface area contributed by atoms with Gasteiger partial charge in [-0.1, -0.05) is 13.8 Å². The predicted molar refractivity (Wildman–Crippen MR) is 69.8 cm³/mol. The van der Waals surface area contributed by atoms with Gasteiger partial charge >= 0.3 is 0 Å². The minimum Gasteiger partial charge on any atom is -0.338 e. The van der Waals surface area contributed by atoms with Gasteiger partial charge in [0, 0.05) is 12.6 Å². The van der Waals surface area contributed by atoms with Crippen molar-refractivity contribution in [3.63, 3.8) is 0 Å². The van der Waals surface area contributed by atoms with Crippen molar-refractivity contribution >= 4 is 5.91 Å². The molecule has 1 saturated heterocycles. The van der Waals surface area contributed by atoms with Crippen molar-refractivity contribution in [2.75, 3.05) is 13.6 Å². The maximum absolute atomic E-state index is 12.3. The van der Waals surface area contributed by atoms with Crippen LogP contribution in [-0.2, 0) is 4.79 Å². The van der Waals surface area contributed by atoms with Crippen molar-refractivity contribution in [3.8, 4) is 0 Å². The second kappa shape index (κ2) is 5.38. The largest absolute Gasteiger partial charge is 0.338 e. The number of carbonyl (C=O) groups is 1. The molecule has 1 N–H and O–H groups in total. The molecule has 3 nitrogen and oxygen atoms in total. The number of nitrogens with zero attached hydrogens (tertiary/aromatic N) is 1. The molecule has 0 radical (unpaired) electrons. The standard InChI is InChI=1S/C14H26N2O/c1-10-7-11(2)9-12(8-10)16-6-4-5-13(15-3)14(16)17/h10-13,15H,4-9H2,1-3H3. The number of likely N-dealkylation sites (tertiary alicyclic amines) is 1. The molecule has 0 aromatic heterocycles. The number of amides is 1. The average Bonchev–Trinajstić information content (AvgIpc) is 2.28. The summed E-state index contributed by atoms with van der Waals surface area (Å²) in [6.45, 7) is 5.63. The summed E-state index contributed by atoms with van der Waals surface area (Å²) in [5.74, 6) is 1.88. The molecule has 0 bridgehead atoms. The fourth-order valence-electron chi connectivity index (χ4n) is 3.69. The number of nitrogens with one attached hydrogen (secondary N) is 1. The van der Waals surface area contributed by atoms with Gasteiger partial charge in [-0.05, 0) is 51.0 Å². The highest BCUT2D eigenvalue weighted by atomic mass is 16.2. The summed E-state index contributed by atoms with van der Waals surface area (Å²) < 4.78 is 0. The SMILES string of the molecule is CNC1CCCN(C2CC(C)CC(C)C2)C1=O. The van der Waals surface area contributed by atoms with Crippen molar-refractivity contribution in [1.82, 2.24) is 10.2 Å². The monoisotopic (exact) mass is 238 g/mol. The first-order chi connectivity index (χ1) is 8.11. The Morgan fingerprint density at radius 3 is 2.41 bits per heavy atom. The van der Waals surface area contributed by atoms with Crippen LogP contribution in [-0.4, -0.2) is 36.5 Å². The third-order valence-corrected chi connectivity index (χ3v) is 4.42. The number of carbonyl (C=O) groups excluding carboxylic acids is 1. The van der Waals surface area contributed by atoms with E-state index < -0.39 is 0 Å². The van der Waals surface area contributed by atoms with E-state index in [0.29, 0.717) is 11.9 Å². The molecule has 1 aliphatic carbocycles. The Kier molecular flexibility index (Phi) is 4.08. The number of rotatable bonds is 2. The molecular formula is C14H26N2O. The van der Waals surface area contributed by atoms with Crippen molar-refractivity contribution in [2.24, 2.45) is 11.8 Å². The molecule has 2 fully saturated rings. The summed E-state index contributed by atoms with van der Waals surface area (Å²) in [7, 11) is 1.90. The zero-order valence-electron chi connectivity index (χ0n) is 11.4. The summed E-state index contributed by atoms with van der Waals surface area (Å²) in [5, 5.41) is 3.15. The lowest BCUT2D eigenvalue weighted by atomic mass is 9.79. The minimum atomic E-state index is 0.0660. The molecule has 3 heteroatoms. The molecule has 0 aromatic carbocycles. The molecule has 3 atom stereocenters. The van der Waals surface area contributed by atoms with Gasteiger partial charge in [-0.15, -0.1) is 0 Å². The molecule has 2 aliphatic rings. The van der Waals surface area contributed by atoms with Crippen molar-refractivity contribution in [1.29, 1.82) is 0 Å². The van der Waals surface area contributed by atoms with Gasteiger partial charge in [0.25, 0.3) is 0 Å². The summed E-state index contributed by atoms with van der Waals surface area (Å²) in [5.41, 5.74) is 0. The third kappa shape index (κ3) is 2.82. The lowest BCUT2D eigenvalue weighted by Gasteiger charge is -2.42. The van der Waals surface area contributed by atoms with Crippen LogP contribution < -0.4 is 5.32 Å². The number of likely N-dealkylation sites (N-methyl/N-ethyl adjacent to an activating group) is 1. The van der Waals surface area contributed by atoms with E-state index in [9.17, 15) is 4.79 Å². The number of hydrogen-bond acceptors (Lipinski definition) is 2. The molecule has 17 heavy (non-hydrogen) atoms. The number of piperidine rings is 1. The van der Waals surface area contributed by atoms with Crippen molar-refractivity contribution in [2.45, 2.75) is 58.0 Å². The van der Waals surface area contributed by atoms with Crippen LogP contribution in [0, 0.1) is 11.8 Å². The molecule has 1 saturated carbocycles. The Morgan fingerprint density at radius 1 is 1.18 bits per heavy atom. The van der Waals surface area contributed by atoms with Crippen LogP contribution in [0.5, 0.6) is 0 Å². The third-order valence-electron chi connectivity index (χ3n) is 4.42. The first-order valence-corrected chi connectivity index (χ1v) is 7.09. The molecule has 2 rings (SSSR count). The van der Waals surface area contributed by atoms with Gasteiger partial charge in [0.1, 0.15) is 0 Å². The Morgan fingerprint density at radius 2 is 1.82 bits per heavy atom. The van der Waals surface area contributed by atoms with E-state index in [1.54, 1.807) is 0 Å². The molecule has 1 amide bonds. The second-order valence-corrected chi connectivity index (χ2v) is 6.09. The maximum Gasteiger partial charge on any atom is 0.239 e. The van der Waals surface area contributed by atoms with Gasteiger partial charge in [0.15, 0.2) is 0 Å². The van der Waals surface area contributed by atoms with Gasteiger partial charge in [-0.3, -0.25) is 4.79 Å². The van der Waals surface area contributed by atoms with Crippen molar-refractivity contribution in [3.05, 3.63) is 0 Å². The Labute approximate surface area is 105 Å². The molecule has 1 aliphatic heterocycles. The van der Waals surface area contributed by atoms with E-state index >= 15 is 0 Å². The highest BCUT2D eigenvalue weighted by Gasteiger charge is 2.35. The van der Waals surface area contributed by atoms with Crippen LogP contribution in [0.3, 0.4) is 0 Å². The van der Waals surface area contributed by atoms with Crippen LogP contribution in [0.1, 0.15) is 46.0 Å². The summed E-state index contributed by atoms with van der Waals surface area (Å²) in [6, 6.07) is 0.564. The van der Waals surface area contributed by atoms with Crippen LogP contribution in [0.25, 0.3) is 0 Å². The van der Waals surface area contributed by atoms with Gasteiger partial charge in [-0.25, -0.2) is 0 Å². The summed E-state index contributed by atoms with van der Waals surface area (Å²) >= 11 is 0. The van der Waals surface area contributed by atoms with Crippen LogP contribution in [0.2, 0.25) is 0 Å².